The number of carbonyl (C=O) groups excluding carboxylic acids is 1. The van der Waals surface area contributed by atoms with Crippen LogP contribution in [-0.2, 0) is 17.8 Å². The Morgan fingerprint density at radius 3 is 2.86 bits per heavy atom. The number of furan rings is 1. The Balaban J connectivity index is 1.72. The van der Waals surface area contributed by atoms with Gasteiger partial charge in [-0.1, -0.05) is 6.07 Å². The maximum absolute atomic E-state index is 11.7. The van der Waals surface area contributed by atoms with Crippen LogP contribution in [-0.4, -0.2) is 13.0 Å². The zero-order valence-electron chi connectivity index (χ0n) is 12.5. The minimum atomic E-state index is 0.0533. The molecule has 0 radical (unpaired) electrons. The number of hydrogen-bond acceptors (Lipinski definition) is 3. The molecule has 4 nitrogen and oxygen atoms in total. The van der Waals surface area contributed by atoms with Gasteiger partial charge in [-0.25, -0.2) is 0 Å². The van der Waals surface area contributed by atoms with E-state index in [1.165, 1.54) is 11.1 Å². The van der Waals surface area contributed by atoms with Gasteiger partial charge in [-0.2, -0.15) is 0 Å². The summed E-state index contributed by atoms with van der Waals surface area (Å²) in [5.41, 5.74) is 2.46. The fourth-order valence-electron chi connectivity index (χ4n) is 2.20. The Labute approximate surface area is 125 Å². The molecule has 4 heteroatoms. The van der Waals surface area contributed by atoms with Gasteiger partial charge >= 0.3 is 0 Å². The zero-order chi connectivity index (χ0) is 15.1. The van der Waals surface area contributed by atoms with Gasteiger partial charge in [-0.15, -0.1) is 0 Å². The molecule has 0 saturated carbocycles. The fraction of sp³-hybridized carbons (Fsp3) is 0.353. The molecule has 2 aromatic rings. The number of carbonyl (C=O) groups is 1. The van der Waals surface area contributed by atoms with Crippen LogP contribution in [0.4, 0.5) is 0 Å². The van der Waals surface area contributed by atoms with E-state index in [2.05, 4.69) is 18.3 Å². The van der Waals surface area contributed by atoms with Gasteiger partial charge in [0.25, 0.3) is 0 Å². The van der Waals surface area contributed by atoms with Crippen molar-refractivity contribution in [2.75, 3.05) is 7.11 Å². The van der Waals surface area contributed by atoms with E-state index in [4.69, 9.17) is 9.15 Å². The Bertz CT molecular complexity index is 576. The molecule has 1 amide bonds. The number of methoxy groups -OCH3 is 1. The first-order valence-corrected chi connectivity index (χ1v) is 7.11. The van der Waals surface area contributed by atoms with Crippen LogP contribution in [0.25, 0.3) is 0 Å². The highest BCUT2D eigenvalue weighted by Crippen LogP contribution is 2.18. The minimum absolute atomic E-state index is 0.0533. The van der Waals surface area contributed by atoms with Crippen molar-refractivity contribution in [2.45, 2.75) is 32.7 Å². The number of amides is 1. The van der Waals surface area contributed by atoms with E-state index in [1.54, 1.807) is 13.4 Å². The summed E-state index contributed by atoms with van der Waals surface area (Å²) < 4.78 is 10.4. The predicted octanol–water partition coefficient (Wildman–Crippen LogP) is 3.24. The number of aryl methyl sites for hydroxylation is 2. The molecule has 0 fully saturated rings. The van der Waals surface area contributed by atoms with E-state index in [1.807, 2.05) is 24.3 Å². The third kappa shape index (κ3) is 4.67. The molecule has 112 valence electrons. The monoisotopic (exact) mass is 287 g/mol. The van der Waals surface area contributed by atoms with Crippen LogP contribution in [0.2, 0.25) is 0 Å². The number of hydrogen-bond donors (Lipinski definition) is 1. The van der Waals surface area contributed by atoms with Gasteiger partial charge in [0.05, 0.1) is 19.9 Å². The molecule has 2 rings (SSSR count). The van der Waals surface area contributed by atoms with Crippen molar-refractivity contribution < 1.29 is 13.9 Å². The first kappa shape index (κ1) is 15.2. The van der Waals surface area contributed by atoms with Crippen LogP contribution in [0.5, 0.6) is 5.75 Å². The van der Waals surface area contributed by atoms with Crippen LogP contribution >= 0.6 is 0 Å². The molecule has 1 N–H and O–H groups in total. The van der Waals surface area contributed by atoms with Crippen LogP contribution in [0.15, 0.2) is 41.0 Å². The topological polar surface area (TPSA) is 51.5 Å². The Morgan fingerprint density at radius 1 is 1.33 bits per heavy atom. The van der Waals surface area contributed by atoms with E-state index in [-0.39, 0.29) is 5.91 Å². The van der Waals surface area contributed by atoms with Crippen molar-refractivity contribution in [3.8, 4) is 5.75 Å². The van der Waals surface area contributed by atoms with Gasteiger partial charge in [0.15, 0.2) is 0 Å². The Kier molecular flexibility index (Phi) is 5.43. The first-order chi connectivity index (χ1) is 10.2. The molecule has 0 aliphatic heterocycles. The quantitative estimate of drug-likeness (QED) is 0.850. The predicted molar refractivity (Wildman–Crippen MR) is 81.2 cm³/mol. The molecule has 1 aromatic carbocycles. The minimum Gasteiger partial charge on any atom is -0.497 e. The molecule has 0 atom stereocenters. The van der Waals surface area contributed by atoms with Gasteiger partial charge in [0, 0.05) is 6.42 Å². The van der Waals surface area contributed by atoms with Crippen LogP contribution < -0.4 is 10.1 Å². The third-order valence-corrected chi connectivity index (χ3v) is 3.44. The SMILES string of the molecule is COc1ccc(CCCC(=O)NCc2ccco2)c(C)c1. The maximum atomic E-state index is 11.7. The summed E-state index contributed by atoms with van der Waals surface area (Å²) in [4.78, 5) is 11.7. The van der Waals surface area contributed by atoms with Gasteiger partial charge in [-0.05, 0) is 55.2 Å². The molecule has 21 heavy (non-hydrogen) atoms. The molecule has 0 aliphatic carbocycles. The van der Waals surface area contributed by atoms with Gasteiger partial charge < -0.3 is 14.5 Å². The fourth-order valence-corrected chi connectivity index (χ4v) is 2.20. The highest BCUT2D eigenvalue weighted by molar-refractivity contribution is 5.75. The number of ether oxygens (including phenoxy) is 1. The molecule has 0 aliphatic rings. The second-order valence-corrected chi connectivity index (χ2v) is 5.00. The van der Waals surface area contributed by atoms with Crippen molar-refractivity contribution in [3.05, 3.63) is 53.5 Å². The van der Waals surface area contributed by atoms with Crippen molar-refractivity contribution in [1.82, 2.24) is 5.32 Å². The second-order valence-electron chi connectivity index (χ2n) is 5.00. The average molecular weight is 287 g/mol. The van der Waals surface area contributed by atoms with Crippen LogP contribution in [0.3, 0.4) is 0 Å². The largest absolute Gasteiger partial charge is 0.497 e. The maximum Gasteiger partial charge on any atom is 0.220 e. The molecule has 0 unspecified atom stereocenters. The lowest BCUT2D eigenvalue weighted by molar-refractivity contribution is -0.121. The molecule has 1 aromatic heterocycles. The Morgan fingerprint density at radius 2 is 2.19 bits per heavy atom. The van der Waals surface area contributed by atoms with Crippen molar-refractivity contribution in [1.29, 1.82) is 0 Å². The van der Waals surface area contributed by atoms with E-state index >= 15 is 0 Å². The zero-order valence-corrected chi connectivity index (χ0v) is 12.5. The normalized spacial score (nSPS) is 10.4. The lowest BCUT2D eigenvalue weighted by Crippen LogP contribution is -2.22. The summed E-state index contributed by atoms with van der Waals surface area (Å²) in [5.74, 6) is 1.69. The summed E-state index contributed by atoms with van der Waals surface area (Å²) in [6, 6.07) is 9.70. The van der Waals surface area contributed by atoms with Crippen LogP contribution in [0, 0.1) is 6.92 Å². The number of nitrogens with one attached hydrogen (secondary N) is 1. The summed E-state index contributed by atoms with van der Waals surface area (Å²) in [7, 11) is 1.66. The molecular formula is C17H21NO3. The van der Waals surface area contributed by atoms with Crippen molar-refractivity contribution in [2.24, 2.45) is 0 Å². The van der Waals surface area contributed by atoms with Gasteiger partial charge in [-0.3, -0.25) is 4.79 Å². The summed E-state index contributed by atoms with van der Waals surface area (Å²) in [6.45, 7) is 2.52. The van der Waals surface area contributed by atoms with Crippen LogP contribution in [0.1, 0.15) is 29.7 Å². The van der Waals surface area contributed by atoms with E-state index in [0.717, 1.165) is 24.4 Å². The average Bonchev–Trinajstić information content (AvgIpc) is 3.00. The van der Waals surface area contributed by atoms with Gasteiger partial charge in [0.2, 0.25) is 5.91 Å². The number of benzene rings is 1. The second kappa shape index (κ2) is 7.53. The lowest BCUT2D eigenvalue weighted by Gasteiger charge is -2.08. The van der Waals surface area contributed by atoms with Crippen molar-refractivity contribution in [3.63, 3.8) is 0 Å². The molecule has 0 bridgehead atoms. The molecule has 0 saturated heterocycles. The van der Waals surface area contributed by atoms with E-state index in [9.17, 15) is 4.79 Å². The van der Waals surface area contributed by atoms with Gasteiger partial charge in [0.1, 0.15) is 11.5 Å². The standard InChI is InChI=1S/C17H21NO3/c1-13-11-15(20-2)9-8-14(13)5-3-7-17(19)18-12-16-6-4-10-21-16/h4,6,8-11H,3,5,7,12H2,1-2H3,(H,18,19). The first-order valence-electron chi connectivity index (χ1n) is 7.11. The summed E-state index contributed by atoms with van der Waals surface area (Å²) in [5, 5.41) is 2.85. The third-order valence-electron chi connectivity index (χ3n) is 3.44. The summed E-state index contributed by atoms with van der Waals surface area (Å²) >= 11 is 0. The highest BCUT2D eigenvalue weighted by Gasteiger charge is 2.05. The number of rotatable bonds is 7. The van der Waals surface area contributed by atoms with E-state index < -0.39 is 0 Å². The van der Waals surface area contributed by atoms with Crippen molar-refractivity contribution >= 4 is 5.91 Å². The molecular weight excluding hydrogens is 266 g/mol. The van der Waals surface area contributed by atoms with E-state index in [0.29, 0.717) is 13.0 Å². The summed E-state index contributed by atoms with van der Waals surface area (Å²) in [6.07, 6.45) is 3.85. The smallest absolute Gasteiger partial charge is 0.220 e. The molecule has 1 heterocycles. The lowest BCUT2D eigenvalue weighted by atomic mass is 10.0. The highest BCUT2D eigenvalue weighted by atomic mass is 16.5. The molecule has 0 spiro atoms. The Hall–Kier alpha value is -2.23.